The van der Waals surface area contributed by atoms with Gasteiger partial charge < -0.3 is 43.5 Å². The van der Waals surface area contributed by atoms with E-state index in [0.29, 0.717) is 85.1 Å². The number of piperidine rings is 2. The van der Waals surface area contributed by atoms with Crippen molar-refractivity contribution < 1.29 is 105 Å². The van der Waals surface area contributed by atoms with Crippen LogP contribution in [0.15, 0.2) is 36.4 Å². The number of likely N-dealkylation sites (tertiary alicyclic amines) is 3. The fourth-order valence-corrected chi connectivity index (χ4v) is 9.95. The fraction of sp³-hybridized carbons (Fsp3) is 0.685. The van der Waals surface area contributed by atoms with E-state index in [2.05, 4.69) is 19.7 Å². The van der Waals surface area contributed by atoms with Gasteiger partial charge in [0.15, 0.2) is 6.29 Å². The quantitative estimate of drug-likeness (QED) is 0.0590. The van der Waals surface area contributed by atoms with Gasteiger partial charge >= 0.3 is 48.8 Å². The van der Waals surface area contributed by atoms with Crippen molar-refractivity contribution in [1.29, 1.82) is 0 Å². The van der Waals surface area contributed by atoms with Crippen LogP contribution in [0.1, 0.15) is 135 Å². The van der Waals surface area contributed by atoms with E-state index in [1.807, 2.05) is 26.8 Å². The molecule has 0 saturated carbocycles. The second kappa shape index (κ2) is 29.3. The summed E-state index contributed by atoms with van der Waals surface area (Å²) in [6.45, 7) is 13.5. The highest BCUT2D eigenvalue weighted by Crippen LogP contribution is 2.43. The molecule has 4 heterocycles. The summed E-state index contributed by atoms with van der Waals surface area (Å²) in [5.41, 5.74) is -0.299. The van der Waals surface area contributed by atoms with Crippen LogP contribution < -0.4 is 14.8 Å². The zero-order chi connectivity index (χ0) is 62.4. The van der Waals surface area contributed by atoms with E-state index in [1.54, 1.807) is 51.1 Å². The predicted octanol–water partition coefficient (Wildman–Crippen LogP) is 13.4. The molecule has 470 valence electrons. The molecule has 15 nitrogen and oxygen atoms in total. The molecule has 0 atom stereocenters. The molecule has 0 radical (unpaired) electrons. The Hall–Kier alpha value is -5.15. The van der Waals surface area contributed by atoms with E-state index in [0.717, 1.165) is 54.1 Å². The molecule has 4 aliphatic heterocycles. The normalized spacial score (nSPS) is 17.6. The number of halogens is 14. The van der Waals surface area contributed by atoms with Gasteiger partial charge in [0.2, 0.25) is 0 Å². The number of hydrogen-bond donors (Lipinski definition) is 1. The van der Waals surface area contributed by atoms with Gasteiger partial charge in [-0.25, -0.2) is 9.59 Å². The number of carbonyl (C=O) groups is 5. The minimum absolute atomic E-state index is 0.0353. The summed E-state index contributed by atoms with van der Waals surface area (Å²) in [6.07, 6.45) is -27.1. The molecule has 1 N–H and O–H groups in total. The number of alkyl halides is 12. The summed E-state index contributed by atoms with van der Waals surface area (Å²) >= 11 is 12.0. The summed E-state index contributed by atoms with van der Waals surface area (Å²) in [6, 6.07) is 10.0. The summed E-state index contributed by atoms with van der Waals surface area (Å²) in [4.78, 5) is 62.1. The average molecular weight is 1250 g/mol. The number of hydrogen-bond acceptors (Lipinski definition) is 13. The Balaban J connectivity index is 0.000000296. The van der Waals surface area contributed by atoms with Crippen LogP contribution in [0.25, 0.3) is 0 Å². The van der Waals surface area contributed by atoms with Gasteiger partial charge in [0.1, 0.15) is 22.7 Å². The van der Waals surface area contributed by atoms with Gasteiger partial charge in [-0.2, -0.15) is 52.7 Å². The molecule has 0 bridgehead atoms. The SMILES string of the molecule is CC(C)(C)OC(=O)CCCOc1cc(Cl)ccc1C=O.CC(C)(C)OC(=O)CCCOc1cc(Cl)ccc1CN1CCCC12CCN(C(=O)OC(C(F)(F)F)C(F)(F)F)CC2.O=C(OC(C(F)(F)F)C(F)(F)F)N1CCC2(CCCN2)CC1. The molecule has 4 fully saturated rings. The summed E-state index contributed by atoms with van der Waals surface area (Å²) < 4.78 is 181. The minimum Gasteiger partial charge on any atom is -0.493 e. The molecule has 0 aromatic heterocycles. The highest BCUT2D eigenvalue weighted by atomic mass is 35.5. The maximum absolute atomic E-state index is 12.8. The first-order valence-electron chi connectivity index (χ1n) is 26.7. The molecule has 83 heavy (non-hydrogen) atoms. The summed E-state index contributed by atoms with van der Waals surface area (Å²) in [5, 5.41) is 4.25. The molecule has 0 unspecified atom stereocenters. The number of aldehydes is 1. The van der Waals surface area contributed by atoms with Crippen LogP contribution in [0.2, 0.25) is 10.0 Å². The molecule has 2 aromatic rings. The third kappa shape index (κ3) is 23.0. The zero-order valence-corrected chi connectivity index (χ0v) is 48.2. The van der Waals surface area contributed by atoms with Gasteiger partial charge in [-0.3, -0.25) is 19.3 Å². The molecule has 2 amide bonds. The van der Waals surface area contributed by atoms with Crippen molar-refractivity contribution in [1.82, 2.24) is 20.0 Å². The Morgan fingerprint density at radius 3 is 1.45 bits per heavy atom. The van der Waals surface area contributed by atoms with Crippen molar-refractivity contribution in [3.8, 4) is 11.5 Å². The van der Waals surface area contributed by atoms with Gasteiger partial charge in [-0.15, -0.1) is 0 Å². The number of nitrogens with one attached hydrogen (secondary N) is 1. The first kappa shape index (κ1) is 70.3. The monoisotopic (exact) mass is 1250 g/mol. The van der Waals surface area contributed by atoms with Crippen LogP contribution in [0.4, 0.5) is 62.3 Å². The van der Waals surface area contributed by atoms with Crippen molar-refractivity contribution >= 4 is 53.6 Å². The van der Waals surface area contributed by atoms with E-state index in [1.165, 1.54) is 0 Å². The van der Waals surface area contributed by atoms with Gasteiger partial charge in [-0.1, -0.05) is 29.3 Å². The number of benzene rings is 2. The molecule has 0 aliphatic carbocycles. The van der Waals surface area contributed by atoms with E-state index < -0.39 is 60.3 Å². The Kier molecular flexibility index (Phi) is 24.8. The zero-order valence-electron chi connectivity index (χ0n) is 46.7. The maximum Gasteiger partial charge on any atom is 0.434 e. The number of nitrogens with zero attached hydrogens (tertiary/aromatic N) is 3. The molecule has 2 spiro atoms. The number of esters is 2. The van der Waals surface area contributed by atoms with Crippen molar-refractivity contribution in [2.24, 2.45) is 0 Å². The van der Waals surface area contributed by atoms with Crippen LogP contribution in [0.5, 0.6) is 11.5 Å². The van der Waals surface area contributed by atoms with Gasteiger partial charge in [-0.05, 0) is 149 Å². The van der Waals surface area contributed by atoms with E-state index >= 15 is 0 Å². The topological polar surface area (TPSA) is 162 Å². The molecule has 6 rings (SSSR count). The van der Waals surface area contributed by atoms with E-state index in [-0.39, 0.29) is 68.6 Å². The molecular formula is C54H70Cl2F12N4O11. The lowest BCUT2D eigenvalue weighted by molar-refractivity contribution is -0.309. The first-order valence-corrected chi connectivity index (χ1v) is 27.4. The van der Waals surface area contributed by atoms with Gasteiger partial charge in [0.25, 0.3) is 12.2 Å². The molecule has 4 aliphatic rings. The lowest BCUT2D eigenvalue weighted by Crippen LogP contribution is -2.54. The Labute approximate surface area is 483 Å². The van der Waals surface area contributed by atoms with E-state index in [4.69, 9.17) is 42.1 Å². The van der Waals surface area contributed by atoms with Crippen LogP contribution in [0.3, 0.4) is 0 Å². The Bertz CT molecular complexity index is 2440. The van der Waals surface area contributed by atoms with Gasteiger partial charge in [0, 0.05) is 72.3 Å². The second-order valence-electron chi connectivity index (χ2n) is 22.4. The van der Waals surface area contributed by atoms with E-state index in [9.17, 15) is 76.7 Å². The molecule has 29 heteroatoms. The van der Waals surface area contributed by atoms with Crippen molar-refractivity contribution in [3.63, 3.8) is 0 Å². The largest absolute Gasteiger partial charge is 0.493 e. The smallest absolute Gasteiger partial charge is 0.434 e. The molecular weight excluding hydrogens is 1180 g/mol. The lowest BCUT2D eigenvalue weighted by atomic mass is 9.85. The molecule has 2 aromatic carbocycles. The highest BCUT2D eigenvalue weighted by Gasteiger charge is 2.61. The number of carbonyl (C=O) groups excluding carboxylic acids is 5. The first-order chi connectivity index (χ1) is 38.2. The van der Waals surface area contributed by atoms with Crippen molar-refractivity contribution in [2.75, 3.05) is 52.5 Å². The van der Waals surface area contributed by atoms with Crippen LogP contribution in [0, 0.1) is 0 Å². The predicted molar refractivity (Wildman–Crippen MR) is 278 cm³/mol. The standard InChI is InChI=1S/C27H35ClF6N2O5.C15H19ClO4.C12H16F6N2O2/c1-24(2,3)41-21(37)6-4-15-39-20-16-19(28)8-7-18(20)17-36-12-5-9-25(36)10-13-35(14-11-25)23(38)40-22(26(29,30)31)27(32,33)34;1-15(2,3)20-14(18)5-4-8-19-13-9-12(16)7-6-11(13)10-17;13-11(14,15)8(12(16,17)18)22-9(21)20-6-3-10(4-7-20)2-1-5-19-10/h7-8,16,22H,4-6,9-15,17H2,1-3H3;6-7,9-10H,4-5,8H2,1-3H3;8,19H,1-7H2. The Morgan fingerprint density at radius 2 is 1.02 bits per heavy atom. The maximum atomic E-state index is 12.8. The summed E-state index contributed by atoms with van der Waals surface area (Å²) in [5.74, 6) is 0.392. The fourth-order valence-electron chi connectivity index (χ4n) is 9.63. The minimum atomic E-state index is -5.76. The Morgan fingerprint density at radius 1 is 0.590 bits per heavy atom. The van der Waals surface area contributed by atoms with Crippen molar-refractivity contribution in [3.05, 3.63) is 57.6 Å². The van der Waals surface area contributed by atoms with Gasteiger partial charge in [0.05, 0.1) is 18.8 Å². The molecule has 4 saturated heterocycles. The third-order valence-electron chi connectivity index (χ3n) is 13.5. The second-order valence-corrected chi connectivity index (χ2v) is 23.2. The van der Waals surface area contributed by atoms with Crippen LogP contribution in [-0.2, 0) is 35.1 Å². The lowest BCUT2D eigenvalue weighted by Gasteiger charge is -2.45. The van der Waals surface area contributed by atoms with Crippen LogP contribution in [-0.4, -0.2) is 157 Å². The number of ether oxygens (including phenoxy) is 6. The number of amides is 2. The number of rotatable bonds is 15. The van der Waals surface area contributed by atoms with Crippen molar-refractivity contribution in [2.45, 2.75) is 184 Å². The summed E-state index contributed by atoms with van der Waals surface area (Å²) in [7, 11) is 0. The highest BCUT2D eigenvalue weighted by molar-refractivity contribution is 6.31. The van der Waals surface area contributed by atoms with Crippen LogP contribution >= 0.6 is 23.2 Å². The third-order valence-corrected chi connectivity index (χ3v) is 14.0. The average Bonchev–Trinajstić information content (AvgIpc) is 4.24.